The van der Waals surface area contributed by atoms with E-state index in [1.165, 1.54) is 19.1 Å². The van der Waals surface area contributed by atoms with Crippen LogP contribution in [-0.4, -0.2) is 46.2 Å². The number of aliphatic carboxylic acids is 1. The summed E-state index contributed by atoms with van der Waals surface area (Å²) >= 11 is 0. The second kappa shape index (κ2) is 4.79. The third-order valence-corrected chi connectivity index (χ3v) is 2.59. The van der Waals surface area contributed by atoms with E-state index in [1.807, 2.05) is 0 Å². The summed E-state index contributed by atoms with van der Waals surface area (Å²) in [6.45, 7) is 1.45. The number of allylic oxidation sites excluding steroid dienone is 2. The van der Waals surface area contributed by atoms with Crippen molar-refractivity contribution >= 4 is 13.2 Å². The van der Waals surface area contributed by atoms with Crippen LogP contribution >= 0.6 is 0 Å². The normalized spacial score (nSPS) is 28.1. The highest BCUT2D eigenvalue weighted by atomic mass is 16.4. The van der Waals surface area contributed by atoms with E-state index in [4.69, 9.17) is 10.9 Å². The van der Waals surface area contributed by atoms with E-state index in [0.29, 0.717) is 5.47 Å². The standard InChI is InChI=1S/C9H15BN2O4/c1-9(12-11,8(15)16)10-5-2-3-6(13)7(14)4-5/h2-4,6-7,10,12-14H,11H2,1H3,(H,15,16)/t6-,7?,9-/m1/s1. The number of rotatable bonds is 4. The van der Waals surface area contributed by atoms with Crippen molar-refractivity contribution in [2.24, 2.45) is 5.84 Å². The number of hydrogen-bond acceptors (Lipinski definition) is 5. The number of aliphatic hydroxyl groups excluding tert-OH is 2. The lowest BCUT2D eigenvalue weighted by Crippen LogP contribution is -2.58. The zero-order valence-electron chi connectivity index (χ0n) is 8.92. The Bertz CT molecular complexity index is 344. The van der Waals surface area contributed by atoms with Crippen LogP contribution in [0.25, 0.3) is 0 Å². The number of carboxylic acids is 1. The molecule has 7 heteroatoms. The fourth-order valence-corrected chi connectivity index (χ4v) is 1.42. The minimum absolute atomic E-state index is 0.124. The number of hydrogen-bond donors (Lipinski definition) is 5. The Kier molecular flexibility index (Phi) is 3.87. The van der Waals surface area contributed by atoms with E-state index >= 15 is 0 Å². The molecular weight excluding hydrogens is 211 g/mol. The van der Waals surface area contributed by atoms with Crippen LogP contribution in [0.4, 0.5) is 0 Å². The van der Waals surface area contributed by atoms with Gasteiger partial charge in [0, 0.05) is 0 Å². The van der Waals surface area contributed by atoms with E-state index in [1.54, 1.807) is 6.08 Å². The Morgan fingerprint density at radius 1 is 1.56 bits per heavy atom. The third kappa shape index (κ3) is 2.70. The average molecular weight is 226 g/mol. The highest BCUT2D eigenvalue weighted by molar-refractivity contribution is 6.55. The molecule has 0 spiro atoms. The zero-order chi connectivity index (χ0) is 12.3. The van der Waals surface area contributed by atoms with Crippen molar-refractivity contribution in [3.8, 4) is 0 Å². The number of carbonyl (C=O) groups is 1. The highest BCUT2D eigenvalue weighted by Gasteiger charge is 2.34. The first-order valence-corrected chi connectivity index (χ1v) is 4.85. The molecule has 0 bridgehead atoms. The van der Waals surface area contributed by atoms with Crippen LogP contribution in [0.5, 0.6) is 0 Å². The van der Waals surface area contributed by atoms with E-state index < -0.39 is 23.6 Å². The lowest BCUT2D eigenvalue weighted by atomic mass is 9.53. The van der Waals surface area contributed by atoms with Gasteiger partial charge >= 0.3 is 5.97 Å². The molecule has 16 heavy (non-hydrogen) atoms. The Labute approximate surface area is 93.7 Å². The molecule has 0 aromatic carbocycles. The molecule has 0 fully saturated rings. The van der Waals surface area contributed by atoms with Crippen molar-refractivity contribution in [2.45, 2.75) is 24.6 Å². The lowest BCUT2D eigenvalue weighted by Gasteiger charge is -2.25. The quantitative estimate of drug-likeness (QED) is 0.212. The van der Waals surface area contributed by atoms with Crippen LogP contribution in [0.3, 0.4) is 0 Å². The fourth-order valence-electron chi connectivity index (χ4n) is 1.42. The first kappa shape index (κ1) is 12.9. The molecule has 88 valence electrons. The topological polar surface area (TPSA) is 116 Å². The van der Waals surface area contributed by atoms with Crippen LogP contribution in [0.15, 0.2) is 23.7 Å². The summed E-state index contributed by atoms with van der Waals surface area (Å²) in [6.07, 6.45) is 2.47. The van der Waals surface area contributed by atoms with Gasteiger partial charge in [-0.05, 0) is 6.92 Å². The van der Waals surface area contributed by atoms with Crippen molar-refractivity contribution in [1.82, 2.24) is 5.43 Å². The molecular formula is C9H15BN2O4. The summed E-state index contributed by atoms with van der Waals surface area (Å²) in [5.41, 5.74) is 1.55. The number of hydrazine groups is 1. The van der Waals surface area contributed by atoms with Gasteiger partial charge in [-0.25, -0.2) is 0 Å². The van der Waals surface area contributed by atoms with Crippen LogP contribution in [0.2, 0.25) is 0 Å². The van der Waals surface area contributed by atoms with Gasteiger partial charge in [0.1, 0.15) is 17.6 Å². The molecule has 0 aliphatic heterocycles. The number of carboxylic acid groups (broad SMARTS) is 1. The van der Waals surface area contributed by atoms with Gasteiger partial charge in [0.05, 0.1) is 0 Å². The van der Waals surface area contributed by atoms with Crippen molar-refractivity contribution in [2.75, 3.05) is 0 Å². The van der Waals surface area contributed by atoms with Crippen molar-refractivity contribution in [1.29, 1.82) is 0 Å². The number of nitrogens with one attached hydrogen (secondary N) is 1. The van der Waals surface area contributed by atoms with E-state index in [2.05, 4.69) is 5.43 Å². The minimum Gasteiger partial charge on any atom is -0.480 e. The van der Waals surface area contributed by atoms with Crippen molar-refractivity contribution in [3.05, 3.63) is 23.7 Å². The van der Waals surface area contributed by atoms with Gasteiger partial charge in [0.25, 0.3) is 0 Å². The molecule has 1 aliphatic carbocycles. The molecule has 0 aromatic rings. The third-order valence-electron chi connectivity index (χ3n) is 2.59. The van der Waals surface area contributed by atoms with Gasteiger partial charge < -0.3 is 15.3 Å². The first-order valence-electron chi connectivity index (χ1n) is 4.85. The maximum Gasteiger partial charge on any atom is 0.316 e. The molecule has 0 saturated carbocycles. The minimum atomic E-state index is -1.29. The van der Waals surface area contributed by atoms with Gasteiger partial charge in [-0.15, -0.1) is 0 Å². The van der Waals surface area contributed by atoms with Gasteiger partial charge in [-0.3, -0.25) is 16.1 Å². The van der Waals surface area contributed by atoms with E-state index in [-0.39, 0.29) is 7.28 Å². The summed E-state index contributed by atoms with van der Waals surface area (Å²) in [7, 11) is 0.124. The fraction of sp³-hybridized carbons (Fsp3) is 0.444. The first-order chi connectivity index (χ1) is 7.39. The molecule has 6 nitrogen and oxygen atoms in total. The van der Waals surface area contributed by atoms with Crippen molar-refractivity contribution < 1.29 is 20.1 Å². The maximum absolute atomic E-state index is 11.0. The van der Waals surface area contributed by atoms with Crippen LogP contribution in [0, 0.1) is 0 Å². The Balaban J connectivity index is 2.78. The molecule has 0 amide bonds. The average Bonchev–Trinajstić information content (AvgIpc) is 2.23. The summed E-state index contributed by atoms with van der Waals surface area (Å²) in [4.78, 5) is 11.0. The smallest absolute Gasteiger partial charge is 0.316 e. The van der Waals surface area contributed by atoms with Gasteiger partial charge in [-0.1, -0.05) is 23.7 Å². The maximum atomic E-state index is 11.0. The van der Waals surface area contributed by atoms with Gasteiger partial charge in [0.2, 0.25) is 0 Å². The molecule has 1 rings (SSSR count). The molecule has 1 aliphatic rings. The lowest BCUT2D eigenvalue weighted by molar-refractivity contribution is -0.140. The van der Waals surface area contributed by atoms with Crippen LogP contribution in [0.1, 0.15) is 6.92 Å². The number of aliphatic hydroxyl groups is 2. The van der Waals surface area contributed by atoms with E-state index in [0.717, 1.165) is 0 Å². The largest absolute Gasteiger partial charge is 0.480 e. The highest BCUT2D eigenvalue weighted by Crippen LogP contribution is 2.14. The summed E-state index contributed by atoms with van der Waals surface area (Å²) in [5.74, 6) is 4.11. The molecule has 1 unspecified atom stereocenters. The van der Waals surface area contributed by atoms with Crippen LogP contribution < -0.4 is 11.3 Å². The van der Waals surface area contributed by atoms with E-state index in [9.17, 15) is 15.0 Å². The molecule has 3 atom stereocenters. The molecule has 6 N–H and O–H groups in total. The second-order valence-corrected chi connectivity index (χ2v) is 4.04. The van der Waals surface area contributed by atoms with Gasteiger partial charge in [0.15, 0.2) is 7.28 Å². The predicted molar refractivity (Wildman–Crippen MR) is 59.7 cm³/mol. The molecule has 0 heterocycles. The summed E-state index contributed by atoms with van der Waals surface area (Å²) in [5, 5.41) is 27.6. The Hall–Kier alpha value is -1.15. The second-order valence-electron chi connectivity index (χ2n) is 4.04. The monoisotopic (exact) mass is 226 g/mol. The molecule has 0 saturated heterocycles. The van der Waals surface area contributed by atoms with Crippen molar-refractivity contribution in [3.63, 3.8) is 0 Å². The SMILES string of the molecule is C[C@@](BC1=CC(O)[C@H](O)C=C1)(NN)C(=O)O. The number of nitrogens with two attached hydrogens (primary N) is 1. The Morgan fingerprint density at radius 2 is 2.19 bits per heavy atom. The van der Waals surface area contributed by atoms with Gasteiger partial charge in [-0.2, -0.15) is 0 Å². The summed E-state index contributed by atoms with van der Waals surface area (Å²) in [6, 6.07) is 0. The molecule has 0 radical (unpaired) electrons. The molecule has 0 aromatic heterocycles. The van der Waals surface area contributed by atoms with Crippen LogP contribution in [-0.2, 0) is 4.79 Å². The zero-order valence-corrected chi connectivity index (χ0v) is 8.92. The Morgan fingerprint density at radius 3 is 2.62 bits per heavy atom. The summed E-state index contributed by atoms with van der Waals surface area (Å²) < 4.78 is 0. The predicted octanol–water partition coefficient (Wildman–Crippen LogP) is -2.14.